The molecule has 2 N–H and O–H groups in total. The van der Waals surface area contributed by atoms with Crippen LogP contribution < -0.4 is 10.6 Å². The standard InChI is InChI=1S/C13H22N4O/c1-3-5-12-15-11(14)8-13(16-12)17-6-7-18-10(4-2)9-17/h8,10H,3-7,9H2,1-2H3,(H2,14,15,16). The lowest BCUT2D eigenvalue weighted by Crippen LogP contribution is -2.42. The Morgan fingerprint density at radius 3 is 3.00 bits per heavy atom. The SMILES string of the molecule is CCCc1nc(N)cc(N2CCOC(CC)C2)n1. The molecule has 1 aromatic rings. The van der Waals surface area contributed by atoms with Gasteiger partial charge in [0, 0.05) is 25.6 Å². The van der Waals surface area contributed by atoms with Gasteiger partial charge >= 0.3 is 0 Å². The summed E-state index contributed by atoms with van der Waals surface area (Å²) in [4.78, 5) is 11.1. The maximum absolute atomic E-state index is 5.85. The third kappa shape index (κ3) is 3.10. The molecule has 18 heavy (non-hydrogen) atoms. The minimum Gasteiger partial charge on any atom is -0.384 e. The summed E-state index contributed by atoms with van der Waals surface area (Å²) in [5.41, 5.74) is 5.85. The molecule has 0 spiro atoms. The molecular weight excluding hydrogens is 228 g/mol. The number of nitrogens with two attached hydrogens (primary N) is 1. The van der Waals surface area contributed by atoms with Crippen LogP contribution in [0, 0.1) is 0 Å². The quantitative estimate of drug-likeness (QED) is 0.879. The highest BCUT2D eigenvalue weighted by Crippen LogP contribution is 2.19. The molecule has 0 aliphatic carbocycles. The predicted octanol–water partition coefficient (Wildman–Crippen LogP) is 1.63. The van der Waals surface area contributed by atoms with Gasteiger partial charge < -0.3 is 15.4 Å². The van der Waals surface area contributed by atoms with E-state index in [0.717, 1.165) is 50.6 Å². The van der Waals surface area contributed by atoms with E-state index in [4.69, 9.17) is 10.5 Å². The number of anilines is 2. The van der Waals surface area contributed by atoms with Crippen LogP contribution >= 0.6 is 0 Å². The van der Waals surface area contributed by atoms with Crippen molar-refractivity contribution in [1.29, 1.82) is 0 Å². The van der Waals surface area contributed by atoms with Crippen LogP contribution in [0.15, 0.2) is 6.07 Å². The van der Waals surface area contributed by atoms with Gasteiger partial charge in [0.15, 0.2) is 0 Å². The average molecular weight is 250 g/mol. The number of nitrogens with zero attached hydrogens (tertiary/aromatic N) is 3. The first-order chi connectivity index (χ1) is 8.72. The molecule has 100 valence electrons. The number of aryl methyl sites for hydroxylation is 1. The summed E-state index contributed by atoms with van der Waals surface area (Å²) in [6.45, 7) is 6.78. The van der Waals surface area contributed by atoms with Gasteiger partial charge in [-0.2, -0.15) is 0 Å². The van der Waals surface area contributed by atoms with Crippen molar-refractivity contribution in [2.24, 2.45) is 0 Å². The van der Waals surface area contributed by atoms with Crippen molar-refractivity contribution in [1.82, 2.24) is 9.97 Å². The van der Waals surface area contributed by atoms with Gasteiger partial charge in [0.05, 0.1) is 12.7 Å². The van der Waals surface area contributed by atoms with Gasteiger partial charge in [-0.1, -0.05) is 13.8 Å². The number of morpholine rings is 1. The maximum atomic E-state index is 5.85. The molecule has 0 amide bonds. The second kappa shape index (κ2) is 6.00. The second-order valence-corrected chi connectivity index (χ2v) is 4.66. The van der Waals surface area contributed by atoms with Crippen molar-refractivity contribution in [3.63, 3.8) is 0 Å². The topological polar surface area (TPSA) is 64.3 Å². The molecule has 0 bridgehead atoms. The van der Waals surface area contributed by atoms with Crippen molar-refractivity contribution in [2.75, 3.05) is 30.3 Å². The van der Waals surface area contributed by atoms with Gasteiger partial charge in [-0.05, 0) is 12.8 Å². The van der Waals surface area contributed by atoms with Gasteiger partial charge in [0.25, 0.3) is 0 Å². The molecule has 0 radical (unpaired) electrons. The van der Waals surface area contributed by atoms with Gasteiger partial charge in [0.1, 0.15) is 17.5 Å². The average Bonchev–Trinajstić information content (AvgIpc) is 2.38. The lowest BCUT2D eigenvalue weighted by Gasteiger charge is -2.33. The summed E-state index contributed by atoms with van der Waals surface area (Å²) in [6, 6.07) is 1.86. The lowest BCUT2D eigenvalue weighted by molar-refractivity contribution is 0.0381. The van der Waals surface area contributed by atoms with Crippen molar-refractivity contribution in [2.45, 2.75) is 39.2 Å². The van der Waals surface area contributed by atoms with E-state index in [1.165, 1.54) is 0 Å². The van der Waals surface area contributed by atoms with Crippen molar-refractivity contribution < 1.29 is 4.74 Å². The number of hydrogen-bond donors (Lipinski definition) is 1. The minimum absolute atomic E-state index is 0.296. The fraction of sp³-hybridized carbons (Fsp3) is 0.692. The second-order valence-electron chi connectivity index (χ2n) is 4.66. The maximum Gasteiger partial charge on any atom is 0.134 e. The molecule has 5 heteroatoms. The van der Waals surface area contributed by atoms with Crippen LogP contribution in [0.25, 0.3) is 0 Å². The molecule has 0 aromatic carbocycles. The van der Waals surface area contributed by atoms with E-state index in [0.29, 0.717) is 11.9 Å². The zero-order valence-corrected chi connectivity index (χ0v) is 11.2. The van der Waals surface area contributed by atoms with E-state index >= 15 is 0 Å². The lowest BCUT2D eigenvalue weighted by atomic mass is 10.2. The summed E-state index contributed by atoms with van der Waals surface area (Å²) in [7, 11) is 0. The van der Waals surface area contributed by atoms with Gasteiger partial charge in [-0.15, -0.1) is 0 Å². The smallest absolute Gasteiger partial charge is 0.134 e. The molecule has 5 nitrogen and oxygen atoms in total. The molecule has 1 atom stereocenters. The monoisotopic (exact) mass is 250 g/mol. The number of hydrogen-bond acceptors (Lipinski definition) is 5. The highest BCUT2D eigenvalue weighted by molar-refractivity contribution is 5.47. The van der Waals surface area contributed by atoms with Gasteiger partial charge in [0.2, 0.25) is 0 Å². The summed E-state index contributed by atoms with van der Waals surface area (Å²) in [5.74, 6) is 2.34. The molecule has 2 heterocycles. The predicted molar refractivity (Wildman–Crippen MR) is 72.7 cm³/mol. The van der Waals surface area contributed by atoms with Crippen LogP contribution in [0.2, 0.25) is 0 Å². The summed E-state index contributed by atoms with van der Waals surface area (Å²) in [6.07, 6.45) is 3.23. The van der Waals surface area contributed by atoms with Crippen LogP contribution in [-0.2, 0) is 11.2 Å². The largest absolute Gasteiger partial charge is 0.384 e. The molecule has 1 fully saturated rings. The van der Waals surface area contributed by atoms with Crippen LogP contribution in [0.5, 0.6) is 0 Å². The number of rotatable bonds is 4. The number of aromatic nitrogens is 2. The molecular formula is C13H22N4O. The third-order valence-electron chi connectivity index (χ3n) is 3.17. The molecule has 1 unspecified atom stereocenters. The molecule has 1 saturated heterocycles. The van der Waals surface area contributed by atoms with E-state index in [1.807, 2.05) is 6.07 Å². The van der Waals surface area contributed by atoms with Crippen LogP contribution in [0.4, 0.5) is 11.6 Å². The zero-order valence-electron chi connectivity index (χ0n) is 11.2. The Kier molecular flexibility index (Phi) is 4.36. The Labute approximate surface area is 108 Å². The summed E-state index contributed by atoms with van der Waals surface area (Å²) < 4.78 is 5.67. The first-order valence-corrected chi connectivity index (χ1v) is 6.73. The molecule has 0 saturated carbocycles. The van der Waals surface area contributed by atoms with Crippen LogP contribution in [0.1, 0.15) is 32.5 Å². The van der Waals surface area contributed by atoms with E-state index in [1.54, 1.807) is 0 Å². The minimum atomic E-state index is 0.296. The normalized spacial score (nSPS) is 20.1. The Balaban J connectivity index is 2.16. The first kappa shape index (κ1) is 13.1. The van der Waals surface area contributed by atoms with E-state index in [2.05, 4.69) is 28.7 Å². The number of ether oxygens (including phenoxy) is 1. The van der Waals surface area contributed by atoms with Crippen molar-refractivity contribution in [3.05, 3.63) is 11.9 Å². The zero-order chi connectivity index (χ0) is 13.0. The van der Waals surface area contributed by atoms with Crippen LogP contribution in [0.3, 0.4) is 0 Å². The summed E-state index contributed by atoms with van der Waals surface area (Å²) in [5, 5.41) is 0. The molecule has 2 rings (SSSR count). The molecule has 1 aromatic heterocycles. The fourth-order valence-electron chi connectivity index (χ4n) is 2.17. The number of nitrogen functional groups attached to an aromatic ring is 1. The Morgan fingerprint density at radius 1 is 1.44 bits per heavy atom. The Hall–Kier alpha value is -1.36. The van der Waals surface area contributed by atoms with Crippen molar-refractivity contribution in [3.8, 4) is 0 Å². The van der Waals surface area contributed by atoms with E-state index < -0.39 is 0 Å². The van der Waals surface area contributed by atoms with E-state index in [-0.39, 0.29) is 0 Å². The molecule has 1 aliphatic rings. The Morgan fingerprint density at radius 2 is 2.28 bits per heavy atom. The van der Waals surface area contributed by atoms with Gasteiger partial charge in [-0.3, -0.25) is 0 Å². The van der Waals surface area contributed by atoms with Gasteiger partial charge in [-0.25, -0.2) is 9.97 Å². The highest BCUT2D eigenvalue weighted by atomic mass is 16.5. The van der Waals surface area contributed by atoms with Crippen molar-refractivity contribution >= 4 is 11.6 Å². The first-order valence-electron chi connectivity index (χ1n) is 6.73. The third-order valence-corrected chi connectivity index (χ3v) is 3.17. The fourth-order valence-corrected chi connectivity index (χ4v) is 2.17. The Bertz CT molecular complexity index is 397. The molecule has 1 aliphatic heterocycles. The van der Waals surface area contributed by atoms with Crippen LogP contribution in [-0.4, -0.2) is 35.8 Å². The summed E-state index contributed by atoms with van der Waals surface area (Å²) >= 11 is 0. The highest BCUT2D eigenvalue weighted by Gasteiger charge is 2.20. The van der Waals surface area contributed by atoms with E-state index in [9.17, 15) is 0 Å².